The Morgan fingerprint density at radius 1 is 1.44 bits per heavy atom. The Kier molecular flexibility index (Phi) is 6.32. The zero-order chi connectivity index (χ0) is 13.4. The first kappa shape index (κ1) is 15.1. The molecule has 1 aliphatic carbocycles. The summed E-state index contributed by atoms with van der Waals surface area (Å²) in [4.78, 5) is 12.3. The third kappa shape index (κ3) is 3.54. The van der Waals surface area contributed by atoms with Crippen molar-refractivity contribution in [2.75, 3.05) is 18.6 Å². The fraction of sp³-hybridized carbons (Fsp3) is 0.833. The molecule has 1 fully saturated rings. The number of nitrogens with one attached hydrogen (secondary N) is 1. The monoisotopic (exact) mass is 273 g/mol. The molecule has 5 nitrogen and oxygen atoms in total. The molecule has 0 atom stereocenters. The molecule has 0 saturated heterocycles. The van der Waals surface area contributed by atoms with Crippen LogP contribution in [0.15, 0.2) is 5.16 Å². The van der Waals surface area contributed by atoms with Crippen molar-refractivity contribution in [1.29, 1.82) is 0 Å². The Morgan fingerprint density at radius 3 is 2.67 bits per heavy atom. The lowest BCUT2D eigenvalue weighted by Gasteiger charge is -2.34. The van der Waals surface area contributed by atoms with Crippen LogP contribution < -0.4 is 11.1 Å². The molecule has 0 aliphatic heterocycles. The van der Waals surface area contributed by atoms with Gasteiger partial charge in [0.15, 0.2) is 5.84 Å². The summed E-state index contributed by atoms with van der Waals surface area (Å²) in [5.41, 5.74) is 4.96. The molecule has 0 aromatic carbocycles. The second-order valence-corrected chi connectivity index (χ2v) is 5.72. The summed E-state index contributed by atoms with van der Waals surface area (Å²) in [6.07, 6.45) is 7.36. The predicted molar refractivity (Wildman–Crippen MR) is 74.9 cm³/mol. The minimum Gasteiger partial charge on any atom is -0.409 e. The molecule has 1 aliphatic rings. The number of hydrogen-bond donors (Lipinski definition) is 3. The lowest BCUT2D eigenvalue weighted by molar-refractivity contribution is -0.129. The number of nitrogens with two attached hydrogens (primary N) is 1. The molecule has 18 heavy (non-hydrogen) atoms. The van der Waals surface area contributed by atoms with Crippen LogP contribution in [0.3, 0.4) is 0 Å². The molecule has 0 unspecified atom stereocenters. The van der Waals surface area contributed by atoms with Gasteiger partial charge in [-0.2, -0.15) is 11.8 Å². The van der Waals surface area contributed by atoms with E-state index < -0.39 is 5.41 Å². The number of rotatable bonds is 6. The molecule has 1 rings (SSSR count). The molecule has 0 radical (unpaired) electrons. The van der Waals surface area contributed by atoms with Gasteiger partial charge >= 0.3 is 0 Å². The maximum absolute atomic E-state index is 12.3. The van der Waals surface area contributed by atoms with E-state index in [1.807, 2.05) is 6.26 Å². The van der Waals surface area contributed by atoms with E-state index >= 15 is 0 Å². The van der Waals surface area contributed by atoms with Crippen molar-refractivity contribution < 1.29 is 10.0 Å². The van der Waals surface area contributed by atoms with Crippen LogP contribution in [0.25, 0.3) is 0 Å². The number of oxime groups is 1. The van der Waals surface area contributed by atoms with Crippen LogP contribution in [0.4, 0.5) is 0 Å². The molecule has 0 aromatic rings. The number of carbonyl (C=O) groups excluding carboxylic acids is 1. The second-order valence-electron chi connectivity index (χ2n) is 4.73. The highest BCUT2D eigenvalue weighted by Crippen LogP contribution is 2.36. The van der Waals surface area contributed by atoms with Crippen LogP contribution in [0.5, 0.6) is 0 Å². The van der Waals surface area contributed by atoms with Gasteiger partial charge in [0.25, 0.3) is 0 Å². The molecule has 1 saturated carbocycles. The molecule has 0 spiro atoms. The number of amidine groups is 1. The summed E-state index contributed by atoms with van der Waals surface area (Å²) in [7, 11) is 0. The Labute approximate surface area is 113 Å². The summed E-state index contributed by atoms with van der Waals surface area (Å²) < 4.78 is 0. The summed E-state index contributed by atoms with van der Waals surface area (Å²) in [6.45, 7) is 0.653. The van der Waals surface area contributed by atoms with Crippen LogP contribution in [-0.2, 0) is 4.79 Å². The maximum Gasteiger partial charge on any atom is 0.233 e. The van der Waals surface area contributed by atoms with Crippen molar-refractivity contribution in [1.82, 2.24) is 5.32 Å². The zero-order valence-corrected chi connectivity index (χ0v) is 11.8. The van der Waals surface area contributed by atoms with Gasteiger partial charge in [-0.15, -0.1) is 0 Å². The van der Waals surface area contributed by atoms with Gasteiger partial charge in [-0.25, -0.2) is 0 Å². The van der Waals surface area contributed by atoms with E-state index in [1.165, 1.54) is 0 Å². The van der Waals surface area contributed by atoms with Crippen molar-refractivity contribution in [3.05, 3.63) is 0 Å². The largest absolute Gasteiger partial charge is 0.409 e. The predicted octanol–water partition coefficient (Wildman–Crippen LogP) is 1.55. The number of thioether (sulfide) groups is 1. The van der Waals surface area contributed by atoms with Crippen molar-refractivity contribution in [2.24, 2.45) is 16.3 Å². The lowest BCUT2D eigenvalue weighted by atomic mass is 9.72. The van der Waals surface area contributed by atoms with Crippen molar-refractivity contribution in [2.45, 2.75) is 38.5 Å². The standard InChI is InChI=1S/C12H23N3O2S/c1-18-9-5-8-14-11(16)12(10(13)15-17)6-3-2-4-7-12/h17H,2-9H2,1H3,(H2,13,15)(H,14,16). The normalized spacial score (nSPS) is 19.5. The van der Waals surface area contributed by atoms with Gasteiger partial charge in [-0.1, -0.05) is 24.4 Å². The fourth-order valence-electron chi connectivity index (χ4n) is 2.44. The van der Waals surface area contributed by atoms with E-state index in [1.54, 1.807) is 11.8 Å². The molecule has 0 aromatic heterocycles. The SMILES string of the molecule is CSCCCNC(=O)C1(C(N)=NO)CCCCC1. The zero-order valence-electron chi connectivity index (χ0n) is 10.9. The van der Waals surface area contributed by atoms with Crippen LogP contribution in [0.1, 0.15) is 38.5 Å². The fourth-order valence-corrected chi connectivity index (χ4v) is 2.87. The van der Waals surface area contributed by atoms with E-state index in [2.05, 4.69) is 10.5 Å². The third-order valence-corrected chi connectivity index (χ3v) is 4.25. The number of hydrogen-bond acceptors (Lipinski definition) is 4. The van der Waals surface area contributed by atoms with E-state index in [0.29, 0.717) is 19.4 Å². The Balaban J connectivity index is 2.62. The first-order valence-corrected chi connectivity index (χ1v) is 7.82. The second kappa shape index (κ2) is 7.51. The van der Waals surface area contributed by atoms with Gasteiger partial charge in [0.1, 0.15) is 5.41 Å². The number of nitrogens with zero attached hydrogens (tertiary/aromatic N) is 1. The number of carbonyl (C=O) groups is 1. The molecule has 0 bridgehead atoms. The minimum atomic E-state index is -0.785. The summed E-state index contributed by atoms with van der Waals surface area (Å²) >= 11 is 1.76. The molecule has 104 valence electrons. The van der Waals surface area contributed by atoms with E-state index in [4.69, 9.17) is 10.9 Å². The van der Waals surface area contributed by atoms with Gasteiger partial charge in [0.2, 0.25) is 5.91 Å². The average molecular weight is 273 g/mol. The average Bonchev–Trinajstić information content (AvgIpc) is 2.43. The lowest BCUT2D eigenvalue weighted by Crippen LogP contribution is -2.51. The van der Waals surface area contributed by atoms with Crippen molar-refractivity contribution in [3.8, 4) is 0 Å². The summed E-state index contributed by atoms with van der Waals surface area (Å²) in [5, 5.41) is 14.9. The molecule has 1 amide bonds. The van der Waals surface area contributed by atoms with Gasteiger partial charge in [0.05, 0.1) is 0 Å². The van der Waals surface area contributed by atoms with Gasteiger partial charge in [-0.05, 0) is 31.3 Å². The van der Waals surface area contributed by atoms with Crippen molar-refractivity contribution >= 4 is 23.5 Å². The highest BCUT2D eigenvalue weighted by atomic mass is 32.2. The van der Waals surface area contributed by atoms with Crippen LogP contribution in [0, 0.1) is 5.41 Å². The quantitative estimate of drug-likeness (QED) is 0.225. The highest BCUT2D eigenvalue weighted by Gasteiger charge is 2.43. The first-order chi connectivity index (χ1) is 8.67. The minimum absolute atomic E-state index is 0.0598. The Hall–Kier alpha value is -0.910. The van der Waals surface area contributed by atoms with Gasteiger partial charge < -0.3 is 16.3 Å². The molecule has 0 heterocycles. The smallest absolute Gasteiger partial charge is 0.233 e. The summed E-state index contributed by atoms with van der Waals surface area (Å²) in [6, 6.07) is 0. The number of amides is 1. The van der Waals surface area contributed by atoms with Crippen LogP contribution >= 0.6 is 11.8 Å². The van der Waals surface area contributed by atoms with E-state index in [0.717, 1.165) is 31.4 Å². The van der Waals surface area contributed by atoms with Crippen molar-refractivity contribution in [3.63, 3.8) is 0 Å². The van der Waals surface area contributed by atoms with E-state index in [9.17, 15) is 4.79 Å². The Morgan fingerprint density at radius 2 is 2.11 bits per heavy atom. The third-order valence-electron chi connectivity index (χ3n) is 3.55. The van der Waals surface area contributed by atoms with Gasteiger partial charge in [-0.3, -0.25) is 4.79 Å². The van der Waals surface area contributed by atoms with Gasteiger partial charge in [0, 0.05) is 6.54 Å². The van der Waals surface area contributed by atoms with Crippen LogP contribution in [0.2, 0.25) is 0 Å². The first-order valence-electron chi connectivity index (χ1n) is 6.42. The Bertz CT molecular complexity index is 302. The van der Waals surface area contributed by atoms with E-state index in [-0.39, 0.29) is 11.7 Å². The summed E-state index contributed by atoms with van der Waals surface area (Å²) in [5.74, 6) is 1.000. The van der Waals surface area contributed by atoms with Crippen LogP contribution in [-0.4, -0.2) is 35.5 Å². The molecule has 6 heteroatoms. The molecular weight excluding hydrogens is 250 g/mol. The topological polar surface area (TPSA) is 87.7 Å². The molecule has 4 N–H and O–H groups in total. The molecular formula is C12H23N3O2S. The highest BCUT2D eigenvalue weighted by molar-refractivity contribution is 7.98. The maximum atomic E-state index is 12.3.